The molecular weight excluding hydrogens is 226 g/mol. The van der Waals surface area contributed by atoms with E-state index in [1.165, 1.54) is 0 Å². The van der Waals surface area contributed by atoms with Crippen molar-refractivity contribution in [1.29, 1.82) is 0 Å². The van der Waals surface area contributed by atoms with Gasteiger partial charge in [-0.1, -0.05) is 20.8 Å². The number of aliphatic hydroxyl groups excluding tert-OH is 1. The number of aliphatic hydroxyl groups is 1. The normalized spacial score (nSPS) is 14.3. The lowest BCUT2D eigenvalue weighted by Gasteiger charge is -2.10. The molecule has 0 aliphatic carbocycles. The highest BCUT2D eigenvalue weighted by Crippen LogP contribution is 2.04. The summed E-state index contributed by atoms with van der Waals surface area (Å²) in [5.41, 5.74) is 0. The summed E-state index contributed by atoms with van der Waals surface area (Å²) in [6.07, 6.45) is 2.33. The second-order valence-electron chi connectivity index (χ2n) is 4.83. The molecule has 0 bridgehead atoms. The molecule has 0 aromatic rings. The van der Waals surface area contributed by atoms with Gasteiger partial charge in [0.2, 0.25) is 10.0 Å². The van der Waals surface area contributed by atoms with Gasteiger partial charge in [0.05, 0.1) is 5.75 Å². The van der Waals surface area contributed by atoms with E-state index in [4.69, 9.17) is 5.11 Å². The Morgan fingerprint density at radius 2 is 1.81 bits per heavy atom. The first-order valence-corrected chi connectivity index (χ1v) is 7.60. The first-order chi connectivity index (χ1) is 7.37. The fraction of sp³-hybridized carbons (Fsp3) is 1.00. The highest BCUT2D eigenvalue weighted by Gasteiger charge is 2.10. The van der Waals surface area contributed by atoms with Crippen molar-refractivity contribution in [1.82, 2.24) is 4.72 Å². The Hall–Kier alpha value is -0.130. The first-order valence-electron chi connectivity index (χ1n) is 5.95. The van der Waals surface area contributed by atoms with E-state index < -0.39 is 10.0 Å². The summed E-state index contributed by atoms with van der Waals surface area (Å²) in [5, 5.41) is 8.80. The van der Waals surface area contributed by atoms with E-state index in [1.54, 1.807) is 0 Å². The van der Waals surface area contributed by atoms with Crippen molar-refractivity contribution >= 4 is 10.0 Å². The average Bonchev–Trinajstić information content (AvgIpc) is 2.21. The summed E-state index contributed by atoms with van der Waals surface area (Å²) in [4.78, 5) is 0. The Kier molecular flexibility index (Phi) is 7.97. The summed E-state index contributed by atoms with van der Waals surface area (Å²) in [6, 6.07) is 0. The molecule has 2 N–H and O–H groups in total. The van der Waals surface area contributed by atoms with Crippen molar-refractivity contribution in [2.24, 2.45) is 11.8 Å². The molecule has 1 unspecified atom stereocenters. The SMILES string of the molecule is CC(C)CCS(=O)(=O)NCCCC(C)CO. The van der Waals surface area contributed by atoms with Crippen LogP contribution in [0.25, 0.3) is 0 Å². The fourth-order valence-electron chi connectivity index (χ4n) is 1.23. The van der Waals surface area contributed by atoms with Gasteiger partial charge in [-0.3, -0.25) is 0 Å². The van der Waals surface area contributed by atoms with Gasteiger partial charge in [0.1, 0.15) is 0 Å². The van der Waals surface area contributed by atoms with Gasteiger partial charge in [0.15, 0.2) is 0 Å². The van der Waals surface area contributed by atoms with Crippen molar-refractivity contribution in [2.45, 2.75) is 40.0 Å². The van der Waals surface area contributed by atoms with Gasteiger partial charge in [0.25, 0.3) is 0 Å². The molecular formula is C11H25NO3S. The molecule has 16 heavy (non-hydrogen) atoms. The van der Waals surface area contributed by atoms with Gasteiger partial charge in [0, 0.05) is 13.2 Å². The van der Waals surface area contributed by atoms with Gasteiger partial charge in [-0.25, -0.2) is 13.1 Å². The maximum Gasteiger partial charge on any atom is 0.211 e. The lowest BCUT2D eigenvalue weighted by Crippen LogP contribution is -2.28. The summed E-state index contributed by atoms with van der Waals surface area (Å²) in [5.74, 6) is 0.867. The maximum absolute atomic E-state index is 11.5. The van der Waals surface area contributed by atoms with Crippen LogP contribution in [-0.2, 0) is 10.0 Å². The quantitative estimate of drug-likeness (QED) is 0.608. The van der Waals surface area contributed by atoms with E-state index in [0.717, 1.165) is 12.8 Å². The molecule has 0 fully saturated rings. The lowest BCUT2D eigenvalue weighted by molar-refractivity contribution is 0.228. The maximum atomic E-state index is 11.5. The first kappa shape index (κ1) is 15.9. The number of sulfonamides is 1. The Balaban J connectivity index is 3.66. The van der Waals surface area contributed by atoms with Crippen LogP contribution in [0.2, 0.25) is 0 Å². The van der Waals surface area contributed by atoms with Gasteiger partial charge >= 0.3 is 0 Å². The minimum Gasteiger partial charge on any atom is -0.396 e. The highest BCUT2D eigenvalue weighted by atomic mass is 32.2. The molecule has 0 saturated heterocycles. The Morgan fingerprint density at radius 3 is 2.31 bits per heavy atom. The Morgan fingerprint density at radius 1 is 1.19 bits per heavy atom. The van der Waals surface area contributed by atoms with E-state index in [0.29, 0.717) is 18.9 Å². The Bertz CT molecular complexity index is 262. The molecule has 0 aliphatic rings. The molecule has 0 radical (unpaired) electrons. The molecule has 0 heterocycles. The second kappa shape index (κ2) is 8.03. The third-order valence-corrected chi connectivity index (χ3v) is 3.89. The van der Waals surface area contributed by atoms with Gasteiger partial charge in [-0.05, 0) is 31.1 Å². The van der Waals surface area contributed by atoms with Crippen molar-refractivity contribution in [3.63, 3.8) is 0 Å². The van der Waals surface area contributed by atoms with Crippen molar-refractivity contribution in [3.8, 4) is 0 Å². The minimum absolute atomic E-state index is 0.167. The van der Waals surface area contributed by atoms with Gasteiger partial charge in [-0.2, -0.15) is 0 Å². The van der Waals surface area contributed by atoms with Crippen LogP contribution in [0.1, 0.15) is 40.0 Å². The van der Waals surface area contributed by atoms with Crippen LogP contribution in [-0.4, -0.2) is 32.4 Å². The third-order valence-electron chi connectivity index (χ3n) is 2.47. The number of nitrogens with one attached hydrogen (secondary N) is 1. The van der Waals surface area contributed by atoms with Crippen LogP contribution in [0.5, 0.6) is 0 Å². The average molecular weight is 251 g/mol. The zero-order valence-electron chi connectivity index (χ0n) is 10.6. The van der Waals surface area contributed by atoms with E-state index in [1.807, 2.05) is 20.8 Å². The Labute approximate surface area is 99.5 Å². The van der Waals surface area contributed by atoms with E-state index >= 15 is 0 Å². The van der Waals surface area contributed by atoms with Gasteiger partial charge < -0.3 is 5.11 Å². The summed E-state index contributed by atoms with van der Waals surface area (Å²) >= 11 is 0. The molecule has 0 aromatic carbocycles. The number of hydrogen-bond acceptors (Lipinski definition) is 3. The monoisotopic (exact) mass is 251 g/mol. The van der Waals surface area contributed by atoms with Crippen molar-refractivity contribution in [2.75, 3.05) is 18.9 Å². The largest absolute Gasteiger partial charge is 0.396 e. The topological polar surface area (TPSA) is 66.4 Å². The molecule has 1 atom stereocenters. The summed E-state index contributed by atoms with van der Waals surface area (Å²) in [7, 11) is -3.09. The predicted octanol–water partition coefficient (Wildman–Crippen LogP) is 1.36. The molecule has 0 spiro atoms. The minimum atomic E-state index is -3.09. The smallest absolute Gasteiger partial charge is 0.211 e. The third kappa shape index (κ3) is 9.12. The van der Waals surface area contributed by atoms with Gasteiger partial charge in [-0.15, -0.1) is 0 Å². The molecule has 4 nitrogen and oxygen atoms in total. The molecule has 0 rings (SSSR count). The summed E-state index contributed by atoms with van der Waals surface area (Å²) < 4.78 is 25.6. The molecule has 0 aromatic heterocycles. The van der Waals surface area contributed by atoms with Crippen LogP contribution in [0.15, 0.2) is 0 Å². The number of hydrogen-bond donors (Lipinski definition) is 2. The van der Waals surface area contributed by atoms with Crippen LogP contribution in [0, 0.1) is 11.8 Å². The molecule has 0 aliphatic heterocycles. The van der Waals surface area contributed by atoms with E-state index in [2.05, 4.69) is 4.72 Å². The standard InChI is InChI=1S/C11H25NO3S/c1-10(2)6-8-16(14,15)12-7-4-5-11(3)9-13/h10-13H,4-9H2,1-3H3. The van der Waals surface area contributed by atoms with Crippen molar-refractivity contribution < 1.29 is 13.5 Å². The molecule has 0 saturated carbocycles. The van der Waals surface area contributed by atoms with E-state index in [9.17, 15) is 8.42 Å². The molecule has 5 heteroatoms. The van der Waals surface area contributed by atoms with Crippen molar-refractivity contribution in [3.05, 3.63) is 0 Å². The molecule has 98 valence electrons. The lowest BCUT2D eigenvalue weighted by atomic mass is 10.1. The molecule has 0 amide bonds. The van der Waals surface area contributed by atoms with Crippen LogP contribution >= 0.6 is 0 Å². The van der Waals surface area contributed by atoms with Crippen LogP contribution in [0.4, 0.5) is 0 Å². The number of rotatable bonds is 9. The zero-order chi connectivity index (χ0) is 12.6. The second-order valence-corrected chi connectivity index (χ2v) is 6.75. The predicted molar refractivity (Wildman–Crippen MR) is 66.7 cm³/mol. The zero-order valence-corrected chi connectivity index (χ0v) is 11.4. The van der Waals surface area contributed by atoms with Crippen LogP contribution < -0.4 is 4.72 Å². The van der Waals surface area contributed by atoms with Crippen LogP contribution in [0.3, 0.4) is 0 Å². The highest BCUT2D eigenvalue weighted by molar-refractivity contribution is 7.89. The fourth-order valence-corrected chi connectivity index (χ4v) is 2.61. The van der Waals surface area contributed by atoms with E-state index in [-0.39, 0.29) is 18.3 Å². The summed E-state index contributed by atoms with van der Waals surface area (Å²) in [6.45, 7) is 6.62.